The van der Waals surface area contributed by atoms with Crippen LogP contribution in [0, 0.1) is 11.7 Å². The highest BCUT2D eigenvalue weighted by Gasteiger charge is 2.31. The number of hydrogen-bond donors (Lipinski definition) is 3. The van der Waals surface area contributed by atoms with Gasteiger partial charge >= 0.3 is 12.2 Å². The summed E-state index contributed by atoms with van der Waals surface area (Å²) in [7, 11) is 0. The molecule has 118 valence electrons. The normalized spacial score (nSPS) is 14.4. The second-order valence-electron chi connectivity index (χ2n) is 4.74. The smallest absolute Gasteiger partial charge is 0.396 e. The van der Waals surface area contributed by atoms with Gasteiger partial charge in [0, 0.05) is 12.6 Å². The van der Waals surface area contributed by atoms with Crippen LogP contribution in [0.4, 0.5) is 28.0 Å². The van der Waals surface area contributed by atoms with E-state index in [1.807, 2.05) is 5.32 Å². The minimum atomic E-state index is -4.63. The van der Waals surface area contributed by atoms with Crippen molar-refractivity contribution in [2.75, 3.05) is 11.9 Å². The Bertz CT molecular complexity index is 505. The number of rotatable bonds is 4. The SMILES string of the molecule is CC(CO)C(C)NC(=O)Nc1cc(C(F)(F)F)ccc1F. The fourth-order valence-electron chi connectivity index (χ4n) is 1.46. The molecule has 4 nitrogen and oxygen atoms in total. The van der Waals surface area contributed by atoms with Crippen LogP contribution in [0.15, 0.2) is 18.2 Å². The number of carbonyl (C=O) groups is 1. The Hall–Kier alpha value is -1.83. The lowest BCUT2D eigenvalue weighted by atomic mass is 10.1. The van der Waals surface area contributed by atoms with Crippen LogP contribution >= 0.6 is 0 Å². The molecule has 0 fully saturated rings. The molecule has 0 saturated heterocycles. The van der Waals surface area contributed by atoms with Crippen molar-refractivity contribution >= 4 is 11.7 Å². The minimum Gasteiger partial charge on any atom is -0.396 e. The molecule has 0 aromatic heterocycles. The predicted molar refractivity (Wildman–Crippen MR) is 69.3 cm³/mol. The van der Waals surface area contributed by atoms with E-state index in [4.69, 9.17) is 5.11 Å². The van der Waals surface area contributed by atoms with Gasteiger partial charge in [0.1, 0.15) is 5.82 Å². The van der Waals surface area contributed by atoms with Crippen LogP contribution in [0.25, 0.3) is 0 Å². The quantitative estimate of drug-likeness (QED) is 0.749. The van der Waals surface area contributed by atoms with Crippen molar-refractivity contribution in [3.8, 4) is 0 Å². The number of nitrogens with one attached hydrogen (secondary N) is 2. The zero-order valence-electron chi connectivity index (χ0n) is 11.5. The molecule has 8 heteroatoms. The highest BCUT2D eigenvalue weighted by molar-refractivity contribution is 5.89. The molecule has 0 radical (unpaired) electrons. The van der Waals surface area contributed by atoms with Crippen molar-refractivity contribution in [1.82, 2.24) is 5.32 Å². The zero-order chi connectivity index (χ0) is 16.2. The van der Waals surface area contributed by atoms with Gasteiger partial charge in [0.05, 0.1) is 11.3 Å². The molecule has 3 N–H and O–H groups in total. The maximum atomic E-state index is 13.4. The van der Waals surface area contributed by atoms with Crippen LogP contribution in [0.2, 0.25) is 0 Å². The molecular weight excluding hydrogens is 292 g/mol. The van der Waals surface area contributed by atoms with Gasteiger partial charge in [-0.1, -0.05) is 6.92 Å². The third kappa shape index (κ3) is 4.89. The van der Waals surface area contributed by atoms with Crippen molar-refractivity contribution in [3.05, 3.63) is 29.6 Å². The Labute approximate surface area is 119 Å². The number of urea groups is 1. The summed E-state index contributed by atoms with van der Waals surface area (Å²) in [6, 6.07) is 0.479. The van der Waals surface area contributed by atoms with Gasteiger partial charge in [-0.2, -0.15) is 13.2 Å². The van der Waals surface area contributed by atoms with Crippen molar-refractivity contribution in [1.29, 1.82) is 0 Å². The lowest BCUT2D eigenvalue weighted by Crippen LogP contribution is -2.41. The fourth-order valence-corrected chi connectivity index (χ4v) is 1.46. The summed E-state index contributed by atoms with van der Waals surface area (Å²) in [5.74, 6) is -1.22. The van der Waals surface area contributed by atoms with Crippen LogP contribution in [0.1, 0.15) is 19.4 Å². The van der Waals surface area contributed by atoms with Crippen molar-refractivity contribution < 1.29 is 27.5 Å². The average Bonchev–Trinajstić information content (AvgIpc) is 2.38. The van der Waals surface area contributed by atoms with Crippen LogP contribution < -0.4 is 10.6 Å². The van der Waals surface area contributed by atoms with Gasteiger partial charge in [0.25, 0.3) is 0 Å². The second kappa shape index (κ2) is 6.75. The van der Waals surface area contributed by atoms with Gasteiger partial charge in [-0.3, -0.25) is 0 Å². The van der Waals surface area contributed by atoms with Crippen LogP contribution in [0.3, 0.4) is 0 Å². The number of carbonyl (C=O) groups excluding carboxylic acids is 1. The molecule has 2 unspecified atom stereocenters. The monoisotopic (exact) mass is 308 g/mol. The predicted octanol–water partition coefficient (Wildman–Crippen LogP) is 2.98. The van der Waals surface area contributed by atoms with Crippen LogP contribution in [-0.2, 0) is 6.18 Å². The van der Waals surface area contributed by atoms with Crippen LogP contribution in [0.5, 0.6) is 0 Å². The third-order valence-electron chi connectivity index (χ3n) is 3.04. The maximum Gasteiger partial charge on any atom is 0.416 e. The standard InChI is InChI=1S/C13H16F4N2O2/c1-7(6-20)8(2)18-12(21)19-11-5-9(13(15,16)17)3-4-10(11)14/h3-5,7-8,20H,6H2,1-2H3,(H2,18,19,21). The van der Waals surface area contributed by atoms with Gasteiger partial charge < -0.3 is 15.7 Å². The third-order valence-corrected chi connectivity index (χ3v) is 3.04. The molecule has 0 saturated carbocycles. The summed E-state index contributed by atoms with van der Waals surface area (Å²) in [6.07, 6.45) is -4.63. The molecule has 2 atom stereocenters. The number of hydrogen-bond acceptors (Lipinski definition) is 2. The molecule has 1 rings (SSSR count). The maximum absolute atomic E-state index is 13.4. The Morgan fingerprint density at radius 3 is 2.48 bits per heavy atom. The van der Waals surface area contributed by atoms with Crippen molar-refractivity contribution in [2.24, 2.45) is 5.92 Å². The van der Waals surface area contributed by atoms with E-state index >= 15 is 0 Å². The lowest BCUT2D eigenvalue weighted by molar-refractivity contribution is -0.137. The highest BCUT2D eigenvalue weighted by atomic mass is 19.4. The van der Waals surface area contributed by atoms with Crippen molar-refractivity contribution in [3.63, 3.8) is 0 Å². The Morgan fingerprint density at radius 1 is 1.33 bits per heavy atom. The second-order valence-corrected chi connectivity index (χ2v) is 4.74. The summed E-state index contributed by atoms with van der Waals surface area (Å²) in [4.78, 5) is 11.6. The highest BCUT2D eigenvalue weighted by Crippen LogP contribution is 2.31. The van der Waals surface area contributed by atoms with E-state index in [0.29, 0.717) is 18.2 Å². The summed E-state index contributed by atoms with van der Waals surface area (Å²) < 4.78 is 51.0. The van der Waals surface area contributed by atoms with E-state index in [9.17, 15) is 22.4 Å². The van der Waals surface area contributed by atoms with Crippen molar-refractivity contribution in [2.45, 2.75) is 26.1 Å². The number of aliphatic hydroxyl groups excluding tert-OH is 1. The first kappa shape index (κ1) is 17.2. The number of halogens is 4. The first-order chi connectivity index (χ1) is 9.65. The summed E-state index contributed by atoms with van der Waals surface area (Å²) in [5.41, 5.74) is -1.62. The number of aliphatic hydroxyl groups is 1. The molecule has 2 amide bonds. The Kier molecular flexibility index (Phi) is 5.54. The zero-order valence-corrected chi connectivity index (χ0v) is 11.5. The molecule has 21 heavy (non-hydrogen) atoms. The molecule has 1 aromatic carbocycles. The van der Waals surface area contributed by atoms with Gasteiger partial charge in [0.15, 0.2) is 0 Å². The molecule has 0 aliphatic rings. The van der Waals surface area contributed by atoms with E-state index in [-0.39, 0.29) is 12.5 Å². The molecular formula is C13H16F4N2O2. The number of benzene rings is 1. The van der Waals surface area contributed by atoms with Crippen LogP contribution in [-0.4, -0.2) is 23.8 Å². The number of anilines is 1. The van der Waals surface area contributed by atoms with Gasteiger partial charge in [-0.15, -0.1) is 0 Å². The molecule has 0 aliphatic carbocycles. The summed E-state index contributed by atoms with van der Waals surface area (Å²) >= 11 is 0. The van der Waals surface area contributed by atoms with E-state index < -0.39 is 35.3 Å². The van der Waals surface area contributed by atoms with Gasteiger partial charge in [0.2, 0.25) is 0 Å². The average molecular weight is 308 g/mol. The van der Waals surface area contributed by atoms with E-state index in [2.05, 4.69) is 5.32 Å². The largest absolute Gasteiger partial charge is 0.416 e. The van der Waals surface area contributed by atoms with Gasteiger partial charge in [-0.05, 0) is 31.0 Å². The molecule has 0 heterocycles. The lowest BCUT2D eigenvalue weighted by Gasteiger charge is -2.20. The molecule has 0 bridgehead atoms. The topological polar surface area (TPSA) is 61.4 Å². The van der Waals surface area contributed by atoms with Gasteiger partial charge in [-0.25, -0.2) is 9.18 Å². The Morgan fingerprint density at radius 2 is 1.95 bits per heavy atom. The fraction of sp³-hybridized carbons (Fsp3) is 0.462. The Balaban J connectivity index is 2.81. The molecule has 0 aliphatic heterocycles. The summed E-state index contributed by atoms with van der Waals surface area (Å²) in [6.45, 7) is 3.12. The molecule has 1 aromatic rings. The number of alkyl halides is 3. The minimum absolute atomic E-state index is 0.167. The first-order valence-electron chi connectivity index (χ1n) is 6.20. The number of amides is 2. The van der Waals surface area contributed by atoms with E-state index in [0.717, 1.165) is 0 Å². The summed E-state index contributed by atoms with van der Waals surface area (Å²) in [5, 5.41) is 13.4. The first-order valence-corrected chi connectivity index (χ1v) is 6.20. The molecule has 0 spiro atoms. The van der Waals surface area contributed by atoms with E-state index in [1.54, 1.807) is 13.8 Å². The van der Waals surface area contributed by atoms with E-state index in [1.165, 1.54) is 0 Å².